The zero-order valence-corrected chi connectivity index (χ0v) is 18.0. The third kappa shape index (κ3) is 5.27. The van der Waals surface area contributed by atoms with E-state index in [1.807, 2.05) is 55.5 Å². The van der Waals surface area contributed by atoms with Gasteiger partial charge < -0.3 is 20.1 Å². The molecule has 4 rings (SSSR count). The summed E-state index contributed by atoms with van der Waals surface area (Å²) in [5.74, 6) is 1.05. The molecule has 1 atom stereocenters. The smallest absolute Gasteiger partial charge is 0.253 e. The van der Waals surface area contributed by atoms with Gasteiger partial charge in [-0.25, -0.2) is 0 Å². The van der Waals surface area contributed by atoms with Gasteiger partial charge >= 0.3 is 0 Å². The lowest BCUT2D eigenvalue weighted by atomic mass is 10.1. The zero-order valence-electron chi connectivity index (χ0n) is 18.0. The zero-order chi connectivity index (χ0) is 22.3. The third-order valence-corrected chi connectivity index (χ3v) is 5.34. The molecule has 2 N–H and O–H groups in total. The van der Waals surface area contributed by atoms with Crippen LogP contribution < -0.4 is 20.1 Å². The van der Waals surface area contributed by atoms with Crippen molar-refractivity contribution < 1.29 is 19.1 Å². The van der Waals surface area contributed by atoms with E-state index in [1.54, 1.807) is 24.3 Å². The van der Waals surface area contributed by atoms with Crippen LogP contribution >= 0.6 is 0 Å². The quantitative estimate of drug-likeness (QED) is 0.578. The minimum absolute atomic E-state index is 0.150. The predicted molar refractivity (Wildman–Crippen MR) is 123 cm³/mol. The molecule has 0 aromatic heterocycles. The van der Waals surface area contributed by atoms with Crippen LogP contribution in [-0.2, 0) is 11.2 Å². The van der Waals surface area contributed by atoms with Gasteiger partial charge in [-0.05, 0) is 48.7 Å². The summed E-state index contributed by atoms with van der Waals surface area (Å²) in [5.41, 5.74) is 2.94. The Morgan fingerprint density at radius 3 is 2.44 bits per heavy atom. The fourth-order valence-electron chi connectivity index (χ4n) is 3.60. The van der Waals surface area contributed by atoms with Gasteiger partial charge in [-0.15, -0.1) is 0 Å². The minimum atomic E-state index is -0.232. The molecule has 1 unspecified atom stereocenters. The molecule has 6 nitrogen and oxygen atoms in total. The maximum atomic E-state index is 12.9. The van der Waals surface area contributed by atoms with Crippen LogP contribution in [0.15, 0.2) is 72.8 Å². The molecule has 0 aliphatic carbocycles. The first-order valence-corrected chi connectivity index (χ1v) is 10.7. The van der Waals surface area contributed by atoms with Crippen molar-refractivity contribution in [2.24, 2.45) is 0 Å². The second kappa shape index (κ2) is 10.0. The highest BCUT2D eigenvalue weighted by atomic mass is 16.6. The maximum absolute atomic E-state index is 12.9. The maximum Gasteiger partial charge on any atom is 0.253 e. The lowest BCUT2D eigenvalue weighted by Crippen LogP contribution is -2.28. The molecule has 2 amide bonds. The number of nitrogens with one attached hydrogen (secondary N) is 2. The van der Waals surface area contributed by atoms with Gasteiger partial charge in [0.2, 0.25) is 5.91 Å². The molecule has 0 spiro atoms. The summed E-state index contributed by atoms with van der Waals surface area (Å²) in [6.07, 6.45) is 0.845. The molecule has 0 bridgehead atoms. The number of para-hydroxylation sites is 1. The number of aryl methyl sites for hydroxylation is 1. The molecule has 164 valence electrons. The first-order chi connectivity index (χ1) is 15.6. The highest BCUT2D eigenvalue weighted by Gasteiger charge is 2.17. The fourth-order valence-corrected chi connectivity index (χ4v) is 3.60. The summed E-state index contributed by atoms with van der Waals surface area (Å²) in [6.45, 7) is 3.01. The monoisotopic (exact) mass is 430 g/mol. The molecule has 6 heteroatoms. The van der Waals surface area contributed by atoms with E-state index in [0.29, 0.717) is 36.6 Å². The topological polar surface area (TPSA) is 76.7 Å². The van der Waals surface area contributed by atoms with E-state index in [9.17, 15) is 9.59 Å². The van der Waals surface area contributed by atoms with Crippen LogP contribution in [0.3, 0.4) is 0 Å². The Morgan fingerprint density at radius 1 is 0.906 bits per heavy atom. The average Bonchev–Trinajstić information content (AvgIpc) is 2.83. The number of fused-ring (bicyclic) bond motifs is 1. The highest BCUT2D eigenvalue weighted by Crippen LogP contribution is 2.31. The van der Waals surface area contributed by atoms with E-state index in [2.05, 4.69) is 10.6 Å². The van der Waals surface area contributed by atoms with Crippen molar-refractivity contribution in [3.8, 4) is 11.5 Å². The number of amides is 2. The van der Waals surface area contributed by atoms with Gasteiger partial charge in [0.25, 0.3) is 5.91 Å². The third-order valence-electron chi connectivity index (χ3n) is 5.34. The number of ether oxygens (including phenoxy) is 2. The number of carbonyl (C=O) groups is 2. The standard InChI is InChI=1S/C26H26N2O4/c1-18(20-7-3-2-4-8-20)27-26(30)21-9-5-6-10-22(21)28-25(29)14-12-19-11-13-23-24(17-19)32-16-15-31-23/h2-11,13,17-18H,12,14-16H2,1H3,(H,27,30)(H,28,29). The lowest BCUT2D eigenvalue weighted by molar-refractivity contribution is -0.116. The number of hydrogen-bond acceptors (Lipinski definition) is 4. The summed E-state index contributed by atoms with van der Waals surface area (Å²) in [4.78, 5) is 25.5. The van der Waals surface area contributed by atoms with E-state index in [1.165, 1.54) is 0 Å². The van der Waals surface area contributed by atoms with E-state index in [4.69, 9.17) is 9.47 Å². The van der Waals surface area contributed by atoms with Crippen molar-refractivity contribution in [3.63, 3.8) is 0 Å². The van der Waals surface area contributed by atoms with Crippen LogP contribution in [0.25, 0.3) is 0 Å². The second-order valence-electron chi connectivity index (χ2n) is 7.68. The van der Waals surface area contributed by atoms with E-state index < -0.39 is 0 Å². The van der Waals surface area contributed by atoms with Gasteiger partial charge in [-0.2, -0.15) is 0 Å². The Balaban J connectivity index is 1.37. The van der Waals surface area contributed by atoms with Gasteiger partial charge in [-0.1, -0.05) is 48.5 Å². The van der Waals surface area contributed by atoms with E-state index >= 15 is 0 Å². The Morgan fingerprint density at radius 2 is 1.62 bits per heavy atom. The Labute approximate surface area is 187 Å². The second-order valence-corrected chi connectivity index (χ2v) is 7.68. The molecule has 32 heavy (non-hydrogen) atoms. The summed E-state index contributed by atoms with van der Waals surface area (Å²) >= 11 is 0. The fraction of sp³-hybridized carbons (Fsp3) is 0.231. The molecular formula is C26H26N2O4. The molecule has 0 radical (unpaired) electrons. The SMILES string of the molecule is CC(NC(=O)c1ccccc1NC(=O)CCc1ccc2c(c1)OCCO2)c1ccccc1. The van der Waals surface area contributed by atoms with Crippen molar-refractivity contribution >= 4 is 17.5 Å². The van der Waals surface area contributed by atoms with Crippen molar-refractivity contribution in [1.29, 1.82) is 0 Å². The number of hydrogen-bond donors (Lipinski definition) is 2. The molecule has 1 heterocycles. The van der Waals surface area contributed by atoms with Gasteiger partial charge in [-0.3, -0.25) is 9.59 Å². The predicted octanol–water partition coefficient (Wildman–Crippen LogP) is 4.52. The van der Waals surface area contributed by atoms with Crippen molar-refractivity contribution in [2.45, 2.75) is 25.8 Å². The van der Waals surface area contributed by atoms with Crippen LogP contribution in [0, 0.1) is 0 Å². The van der Waals surface area contributed by atoms with Gasteiger partial charge in [0, 0.05) is 6.42 Å². The number of benzene rings is 3. The molecule has 1 aliphatic rings. The molecule has 0 saturated heterocycles. The summed E-state index contributed by atoms with van der Waals surface area (Å²) < 4.78 is 11.1. The number of rotatable bonds is 7. The Bertz CT molecular complexity index is 1100. The molecular weight excluding hydrogens is 404 g/mol. The molecule has 3 aromatic rings. The molecule has 3 aromatic carbocycles. The molecule has 0 fully saturated rings. The Kier molecular flexibility index (Phi) is 6.70. The summed E-state index contributed by atoms with van der Waals surface area (Å²) in [6, 6.07) is 22.4. The van der Waals surface area contributed by atoms with E-state index in [-0.39, 0.29) is 24.3 Å². The van der Waals surface area contributed by atoms with Gasteiger partial charge in [0.15, 0.2) is 11.5 Å². The Hall–Kier alpha value is -3.80. The minimum Gasteiger partial charge on any atom is -0.486 e. The van der Waals surface area contributed by atoms with Crippen LogP contribution in [0.5, 0.6) is 11.5 Å². The van der Waals surface area contributed by atoms with E-state index in [0.717, 1.165) is 16.9 Å². The van der Waals surface area contributed by atoms with Crippen molar-refractivity contribution in [1.82, 2.24) is 5.32 Å². The number of anilines is 1. The van der Waals surface area contributed by atoms with Crippen LogP contribution in [-0.4, -0.2) is 25.0 Å². The molecule has 0 saturated carbocycles. The van der Waals surface area contributed by atoms with Crippen molar-refractivity contribution in [2.75, 3.05) is 18.5 Å². The van der Waals surface area contributed by atoms with Gasteiger partial charge in [0.05, 0.1) is 17.3 Å². The van der Waals surface area contributed by atoms with Gasteiger partial charge in [0.1, 0.15) is 13.2 Å². The van der Waals surface area contributed by atoms with Crippen LogP contribution in [0.1, 0.15) is 40.9 Å². The normalized spacial score (nSPS) is 13.2. The van der Waals surface area contributed by atoms with Crippen molar-refractivity contribution in [3.05, 3.63) is 89.5 Å². The largest absolute Gasteiger partial charge is 0.486 e. The first kappa shape index (κ1) is 21.4. The molecule has 1 aliphatic heterocycles. The lowest BCUT2D eigenvalue weighted by Gasteiger charge is -2.19. The summed E-state index contributed by atoms with van der Waals surface area (Å²) in [5, 5.41) is 5.88. The number of carbonyl (C=O) groups excluding carboxylic acids is 2. The van der Waals surface area contributed by atoms with Crippen LogP contribution in [0.4, 0.5) is 5.69 Å². The first-order valence-electron chi connectivity index (χ1n) is 10.7. The van der Waals surface area contributed by atoms with Crippen LogP contribution in [0.2, 0.25) is 0 Å². The summed E-state index contributed by atoms with van der Waals surface area (Å²) in [7, 11) is 0. The average molecular weight is 431 g/mol. The highest BCUT2D eigenvalue weighted by molar-refractivity contribution is 6.03.